The van der Waals surface area contributed by atoms with E-state index >= 15 is 0 Å². The van der Waals surface area contributed by atoms with Gasteiger partial charge in [-0.05, 0) is 73.2 Å². The lowest BCUT2D eigenvalue weighted by Crippen LogP contribution is -2.29. The summed E-state index contributed by atoms with van der Waals surface area (Å²) in [5, 5.41) is 2.15. The third-order valence-corrected chi connectivity index (χ3v) is 6.52. The number of rotatable bonds is 7. The summed E-state index contributed by atoms with van der Waals surface area (Å²) in [6.07, 6.45) is -1.31. The lowest BCUT2D eigenvalue weighted by molar-refractivity contribution is -0.137. The summed E-state index contributed by atoms with van der Waals surface area (Å²) in [5.74, 6) is -2.05. The van der Waals surface area contributed by atoms with E-state index in [1.54, 1.807) is 0 Å². The average Bonchev–Trinajstić information content (AvgIpc) is 2.85. The first-order chi connectivity index (χ1) is 17.6. The molecule has 8 heteroatoms. The van der Waals surface area contributed by atoms with Crippen molar-refractivity contribution >= 4 is 23.1 Å². The maximum Gasteiger partial charge on any atom is 0.418 e. The Balaban J connectivity index is 1.46. The highest BCUT2D eigenvalue weighted by molar-refractivity contribution is 6.05. The third-order valence-electron chi connectivity index (χ3n) is 6.52. The molecule has 1 fully saturated rings. The summed E-state index contributed by atoms with van der Waals surface area (Å²) < 4.78 is 55.2. The Morgan fingerprint density at radius 1 is 0.892 bits per heavy atom. The normalized spacial score (nSPS) is 13.9. The first kappa shape index (κ1) is 26.4. The highest BCUT2D eigenvalue weighted by Crippen LogP contribution is 2.36. The first-order valence-corrected chi connectivity index (χ1v) is 12.2. The molecule has 3 aromatic rings. The number of nitrogens with one attached hydrogen (secondary N) is 1. The molecule has 0 radical (unpaired) electrons. The smallest absolute Gasteiger partial charge is 0.371 e. The van der Waals surface area contributed by atoms with Crippen molar-refractivity contribution < 1.29 is 27.2 Å². The van der Waals surface area contributed by atoms with Gasteiger partial charge in [0.2, 0.25) is 0 Å². The topological polar surface area (TPSA) is 49.4 Å². The minimum absolute atomic E-state index is 0.105. The number of Topliss-reactive ketones (excluding diaryl/α,β-unsaturated/α-hetero) is 1. The summed E-state index contributed by atoms with van der Waals surface area (Å²) in [4.78, 5) is 27.4. The van der Waals surface area contributed by atoms with Crippen molar-refractivity contribution in [2.75, 3.05) is 23.3 Å². The predicted octanol–water partition coefficient (Wildman–Crippen LogP) is 6.75. The van der Waals surface area contributed by atoms with E-state index in [2.05, 4.69) is 10.2 Å². The van der Waals surface area contributed by atoms with Gasteiger partial charge in [0.25, 0.3) is 5.91 Å². The number of nitrogens with zero attached hydrogens (tertiary/aromatic N) is 1. The third kappa shape index (κ3) is 6.56. The van der Waals surface area contributed by atoms with Crippen LogP contribution < -0.4 is 10.2 Å². The molecule has 0 spiro atoms. The van der Waals surface area contributed by atoms with Crippen molar-refractivity contribution in [2.45, 2.75) is 45.2 Å². The fraction of sp³-hybridized carbons (Fsp3) is 0.310. The van der Waals surface area contributed by atoms with E-state index in [-0.39, 0.29) is 29.8 Å². The number of carbonyl (C=O) groups is 2. The van der Waals surface area contributed by atoms with E-state index in [0.717, 1.165) is 60.9 Å². The molecule has 0 unspecified atom stereocenters. The minimum atomic E-state index is -4.78. The van der Waals surface area contributed by atoms with Gasteiger partial charge in [-0.3, -0.25) is 9.59 Å². The van der Waals surface area contributed by atoms with Crippen LogP contribution in [0.1, 0.15) is 51.9 Å². The van der Waals surface area contributed by atoms with Crippen LogP contribution in [0, 0.1) is 12.7 Å². The molecular formula is C29H28F4N2O2. The zero-order valence-electron chi connectivity index (χ0n) is 20.5. The van der Waals surface area contributed by atoms with Gasteiger partial charge in [0.05, 0.1) is 16.8 Å². The van der Waals surface area contributed by atoms with Crippen LogP contribution in [0.15, 0.2) is 60.7 Å². The summed E-state index contributed by atoms with van der Waals surface area (Å²) in [7, 11) is 0. The molecular weight excluding hydrogens is 484 g/mol. The lowest BCUT2D eigenvalue weighted by Gasteiger charge is -2.30. The van der Waals surface area contributed by atoms with E-state index < -0.39 is 29.2 Å². The molecule has 4 rings (SSSR count). The van der Waals surface area contributed by atoms with Crippen LogP contribution >= 0.6 is 0 Å². The molecule has 4 nitrogen and oxygen atoms in total. The number of benzene rings is 3. The number of alkyl halides is 3. The second-order valence-corrected chi connectivity index (χ2v) is 9.37. The van der Waals surface area contributed by atoms with Crippen LogP contribution in [0.3, 0.4) is 0 Å². The van der Waals surface area contributed by atoms with E-state index in [1.807, 2.05) is 25.1 Å². The zero-order chi connectivity index (χ0) is 26.6. The number of hydrogen-bond acceptors (Lipinski definition) is 3. The van der Waals surface area contributed by atoms with Gasteiger partial charge in [-0.1, -0.05) is 30.3 Å². The van der Waals surface area contributed by atoms with Gasteiger partial charge >= 0.3 is 6.18 Å². The highest BCUT2D eigenvalue weighted by Gasteiger charge is 2.34. The quantitative estimate of drug-likeness (QED) is 0.356. The van der Waals surface area contributed by atoms with Crippen LogP contribution in [0.4, 0.5) is 28.9 Å². The maximum absolute atomic E-state index is 13.9. The molecule has 0 saturated carbocycles. The van der Waals surface area contributed by atoms with Crippen molar-refractivity contribution in [3.05, 3.63) is 94.3 Å². The van der Waals surface area contributed by atoms with Crippen LogP contribution in [0.2, 0.25) is 0 Å². The number of amides is 1. The number of piperidine rings is 1. The van der Waals surface area contributed by atoms with Crippen molar-refractivity contribution in [1.82, 2.24) is 0 Å². The summed E-state index contributed by atoms with van der Waals surface area (Å²) in [6, 6.07) is 14.2. The molecule has 0 bridgehead atoms. The van der Waals surface area contributed by atoms with Crippen LogP contribution in [-0.4, -0.2) is 24.8 Å². The second kappa shape index (κ2) is 11.2. The number of hydrogen-bond donors (Lipinski definition) is 1. The van der Waals surface area contributed by atoms with Crippen molar-refractivity contribution in [3.8, 4) is 0 Å². The summed E-state index contributed by atoms with van der Waals surface area (Å²) in [5.41, 5.74) is 1.26. The minimum Gasteiger partial charge on any atom is -0.371 e. The number of halogens is 4. The van der Waals surface area contributed by atoms with E-state index in [0.29, 0.717) is 0 Å². The number of aryl methyl sites for hydroxylation is 1. The Labute approximate surface area is 213 Å². The van der Waals surface area contributed by atoms with Crippen molar-refractivity contribution in [3.63, 3.8) is 0 Å². The molecule has 0 aromatic heterocycles. The van der Waals surface area contributed by atoms with Gasteiger partial charge in [0.15, 0.2) is 0 Å². The molecule has 1 saturated heterocycles. The van der Waals surface area contributed by atoms with Gasteiger partial charge < -0.3 is 10.2 Å². The molecule has 1 N–H and O–H groups in total. The van der Waals surface area contributed by atoms with Gasteiger partial charge in [-0.2, -0.15) is 13.2 Å². The number of carbonyl (C=O) groups excluding carboxylic acids is 2. The summed E-state index contributed by atoms with van der Waals surface area (Å²) >= 11 is 0. The zero-order valence-corrected chi connectivity index (χ0v) is 20.5. The van der Waals surface area contributed by atoms with Crippen LogP contribution in [-0.2, 0) is 23.8 Å². The van der Waals surface area contributed by atoms with Gasteiger partial charge in [0.1, 0.15) is 11.6 Å². The standard InChI is InChI=1S/C29H28F4N2O2/c1-19-15-20(10-12-27(19)35-13-5-2-6-14-35)16-22(36)17-21-9-11-26(24(18-21)29(31,32)33)34-28(37)23-7-3-4-8-25(23)30/h3-4,7-12,15,18H,2,5-6,13-14,16-17H2,1H3,(H,34,37). The Bertz CT molecular complexity index is 1300. The molecule has 37 heavy (non-hydrogen) atoms. The Hall–Kier alpha value is -3.68. The molecule has 194 valence electrons. The van der Waals surface area contributed by atoms with E-state index in [1.165, 1.54) is 30.7 Å². The molecule has 1 amide bonds. The fourth-order valence-electron chi connectivity index (χ4n) is 4.71. The van der Waals surface area contributed by atoms with E-state index in [9.17, 15) is 27.2 Å². The molecule has 1 aliphatic heterocycles. The summed E-state index contributed by atoms with van der Waals surface area (Å²) in [6.45, 7) is 4.02. The number of ketones is 1. The average molecular weight is 513 g/mol. The monoisotopic (exact) mass is 512 g/mol. The second-order valence-electron chi connectivity index (χ2n) is 9.37. The largest absolute Gasteiger partial charge is 0.418 e. The van der Waals surface area contributed by atoms with Crippen molar-refractivity contribution in [1.29, 1.82) is 0 Å². The number of anilines is 2. The molecule has 0 atom stereocenters. The molecule has 1 heterocycles. The molecule has 3 aromatic carbocycles. The Kier molecular flexibility index (Phi) is 7.95. The van der Waals surface area contributed by atoms with E-state index in [4.69, 9.17) is 0 Å². The van der Waals surface area contributed by atoms with Gasteiger partial charge in [0, 0.05) is 31.6 Å². The van der Waals surface area contributed by atoms with Gasteiger partial charge in [-0.25, -0.2) is 4.39 Å². The van der Waals surface area contributed by atoms with Crippen LogP contribution in [0.25, 0.3) is 0 Å². The lowest BCUT2D eigenvalue weighted by atomic mass is 9.98. The van der Waals surface area contributed by atoms with Crippen LogP contribution in [0.5, 0.6) is 0 Å². The van der Waals surface area contributed by atoms with Gasteiger partial charge in [-0.15, -0.1) is 0 Å². The predicted molar refractivity (Wildman–Crippen MR) is 135 cm³/mol. The first-order valence-electron chi connectivity index (χ1n) is 12.2. The SMILES string of the molecule is Cc1cc(CC(=O)Cc2ccc(NC(=O)c3ccccc3F)c(C(F)(F)F)c2)ccc1N1CCCCC1. The Morgan fingerprint density at radius 2 is 1.54 bits per heavy atom. The Morgan fingerprint density at radius 3 is 2.19 bits per heavy atom. The molecule has 0 aliphatic carbocycles. The fourth-order valence-corrected chi connectivity index (χ4v) is 4.71. The molecule has 1 aliphatic rings. The maximum atomic E-state index is 13.9. The highest BCUT2D eigenvalue weighted by atomic mass is 19.4. The van der Waals surface area contributed by atoms with Crippen molar-refractivity contribution in [2.24, 2.45) is 0 Å².